The molecule has 1 aromatic rings. The van der Waals surface area contributed by atoms with Gasteiger partial charge in [-0.15, -0.1) is 0 Å². The molecule has 0 saturated carbocycles. The third-order valence-electron chi connectivity index (χ3n) is 4.03. The van der Waals surface area contributed by atoms with Gasteiger partial charge in [0, 0.05) is 43.7 Å². The van der Waals surface area contributed by atoms with Crippen molar-refractivity contribution >= 4 is 17.2 Å². The summed E-state index contributed by atoms with van der Waals surface area (Å²) in [6.07, 6.45) is 2.95. The van der Waals surface area contributed by atoms with Gasteiger partial charge in [-0.3, -0.25) is 9.59 Å². The lowest BCUT2D eigenvalue weighted by atomic mass is 10.0. The van der Waals surface area contributed by atoms with Gasteiger partial charge in [0.15, 0.2) is 0 Å². The summed E-state index contributed by atoms with van der Waals surface area (Å²) in [6, 6.07) is 0. The fourth-order valence-corrected chi connectivity index (χ4v) is 3.58. The highest BCUT2D eigenvalue weighted by atomic mass is 32.1. The molecule has 118 valence electrons. The van der Waals surface area contributed by atoms with Gasteiger partial charge in [0.1, 0.15) is 0 Å². The topological polar surface area (TPSA) is 54.3 Å². The Morgan fingerprint density at radius 2 is 2.29 bits per heavy atom. The summed E-state index contributed by atoms with van der Waals surface area (Å²) in [5.41, 5.74) is 0.931. The molecule has 0 bridgehead atoms. The minimum absolute atomic E-state index is 0.0163. The standard InChI is InChI=1S/C15H25N3O2S/c1-12-4-3-7-17(10-12)9-6-16-14(19)5-8-18-13(2)11-21-15(18)20/h11-12H,3-10H2,1-2H3,(H,16,19). The number of hydrogen-bond donors (Lipinski definition) is 1. The minimum Gasteiger partial charge on any atom is -0.355 e. The maximum atomic E-state index is 11.8. The lowest BCUT2D eigenvalue weighted by Crippen LogP contribution is -2.40. The molecule has 1 N–H and O–H groups in total. The number of thiazole rings is 1. The van der Waals surface area contributed by atoms with Crippen LogP contribution in [0.4, 0.5) is 0 Å². The van der Waals surface area contributed by atoms with Crippen LogP contribution in [0.5, 0.6) is 0 Å². The number of aryl methyl sites for hydroxylation is 1. The number of likely N-dealkylation sites (tertiary alicyclic amines) is 1. The van der Waals surface area contributed by atoms with E-state index in [1.165, 1.54) is 24.2 Å². The SMILES string of the molecule is Cc1csc(=O)n1CCC(=O)NCCN1CCCC(C)C1. The molecule has 0 radical (unpaired) electrons. The number of aromatic nitrogens is 1. The Bertz CT molecular complexity index is 523. The fraction of sp³-hybridized carbons (Fsp3) is 0.733. The van der Waals surface area contributed by atoms with Crippen molar-refractivity contribution in [2.45, 2.75) is 39.7 Å². The first kappa shape index (κ1) is 16.2. The first-order chi connectivity index (χ1) is 10.1. The van der Waals surface area contributed by atoms with Crippen LogP contribution in [0.15, 0.2) is 10.2 Å². The first-order valence-corrected chi connectivity index (χ1v) is 8.58. The third kappa shape index (κ3) is 4.97. The van der Waals surface area contributed by atoms with Gasteiger partial charge in [-0.2, -0.15) is 0 Å². The van der Waals surface area contributed by atoms with E-state index in [0.717, 1.165) is 31.2 Å². The van der Waals surface area contributed by atoms with Crippen molar-refractivity contribution in [1.82, 2.24) is 14.8 Å². The summed E-state index contributed by atoms with van der Waals surface area (Å²) in [4.78, 5) is 25.8. The number of carbonyl (C=O) groups excluding carboxylic acids is 1. The molecule has 1 saturated heterocycles. The number of nitrogens with zero attached hydrogens (tertiary/aromatic N) is 2. The molecule has 1 atom stereocenters. The van der Waals surface area contributed by atoms with Crippen molar-refractivity contribution in [3.63, 3.8) is 0 Å². The van der Waals surface area contributed by atoms with Crippen LogP contribution in [-0.2, 0) is 11.3 Å². The van der Waals surface area contributed by atoms with Gasteiger partial charge in [-0.05, 0) is 32.2 Å². The fourth-order valence-electron chi connectivity index (χ4n) is 2.82. The molecule has 1 aliphatic heterocycles. The van der Waals surface area contributed by atoms with Crippen LogP contribution in [0.2, 0.25) is 0 Å². The van der Waals surface area contributed by atoms with Gasteiger partial charge < -0.3 is 14.8 Å². The molecule has 1 aliphatic rings. The van der Waals surface area contributed by atoms with Crippen LogP contribution in [0.3, 0.4) is 0 Å². The number of rotatable bonds is 6. The quantitative estimate of drug-likeness (QED) is 0.865. The highest BCUT2D eigenvalue weighted by Gasteiger charge is 2.15. The Kier molecular flexibility index (Phi) is 5.99. The van der Waals surface area contributed by atoms with Crippen LogP contribution in [0, 0.1) is 12.8 Å². The number of piperidine rings is 1. The van der Waals surface area contributed by atoms with Gasteiger partial charge in [0.2, 0.25) is 5.91 Å². The number of nitrogens with one attached hydrogen (secondary N) is 1. The van der Waals surface area contributed by atoms with E-state index in [2.05, 4.69) is 17.1 Å². The zero-order valence-electron chi connectivity index (χ0n) is 12.9. The molecule has 1 unspecified atom stereocenters. The predicted molar refractivity (Wildman–Crippen MR) is 85.8 cm³/mol. The lowest BCUT2D eigenvalue weighted by Gasteiger charge is -2.30. The summed E-state index contributed by atoms with van der Waals surface area (Å²) in [5, 5.41) is 4.78. The van der Waals surface area contributed by atoms with Crippen LogP contribution < -0.4 is 10.2 Å². The van der Waals surface area contributed by atoms with Crippen molar-refractivity contribution in [2.75, 3.05) is 26.2 Å². The summed E-state index contributed by atoms with van der Waals surface area (Å²) < 4.78 is 1.66. The Morgan fingerprint density at radius 1 is 1.48 bits per heavy atom. The van der Waals surface area contributed by atoms with Gasteiger partial charge in [0.05, 0.1) is 0 Å². The highest BCUT2D eigenvalue weighted by Crippen LogP contribution is 2.14. The normalized spacial score (nSPS) is 19.6. The molecule has 21 heavy (non-hydrogen) atoms. The molecule has 0 aromatic carbocycles. The van der Waals surface area contributed by atoms with E-state index in [9.17, 15) is 9.59 Å². The molecule has 1 fully saturated rings. The zero-order valence-corrected chi connectivity index (χ0v) is 13.7. The van der Waals surface area contributed by atoms with E-state index in [-0.39, 0.29) is 10.8 Å². The molecule has 0 spiro atoms. The molecule has 1 aromatic heterocycles. The van der Waals surface area contributed by atoms with Crippen LogP contribution >= 0.6 is 11.3 Å². The second kappa shape index (κ2) is 7.75. The van der Waals surface area contributed by atoms with Crippen LogP contribution in [-0.4, -0.2) is 41.6 Å². The van der Waals surface area contributed by atoms with Crippen molar-refractivity contribution in [3.05, 3.63) is 20.7 Å². The largest absolute Gasteiger partial charge is 0.355 e. The van der Waals surface area contributed by atoms with Gasteiger partial charge in [0.25, 0.3) is 0 Å². The maximum Gasteiger partial charge on any atom is 0.307 e. The van der Waals surface area contributed by atoms with Crippen LogP contribution in [0.25, 0.3) is 0 Å². The summed E-state index contributed by atoms with van der Waals surface area (Å²) >= 11 is 1.19. The monoisotopic (exact) mass is 311 g/mol. The van der Waals surface area contributed by atoms with Crippen molar-refractivity contribution < 1.29 is 4.79 Å². The van der Waals surface area contributed by atoms with Crippen molar-refractivity contribution in [3.8, 4) is 0 Å². The van der Waals surface area contributed by atoms with Gasteiger partial charge in [-0.25, -0.2) is 0 Å². The minimum atomic E-state index is 0.0163. The highest BCUT2D eigenvalue weighted by molar-refractivity contribution is 7.07. The average Bonchev–Trinajstić information content (AvgIpc) is 2.76. The predicted octanol–water partition coefficient (Wildman–Crippen LogP) is 1.46. The third-order valence-corrected chi connectivity index (χ3v) is 4.91. The Morgan fingerprint density at radius 3 is 2.95 bits per heavy atom. The molecular formula is C15H25N3O2S. The van der Waals surface area contributed by atoms with Gasteiger partial charge >= 0.3 is 4.87 Å². The summed E-state index contributed by atoms with van der Waals surface area (Å²) in [7, 11) is 0. The van der Waals surface area contributed by atoms with E-state index in [1.54, 1.807) is 4.57 Å². The van der Waals surface area contributed by atoms with E-state index in [1.807, 2.05) is 12.3 Å². The summed E-state index contributed by atoms with van der Waals surface area (Å²) in [5.74, 6) is 0.792. The molecule has 2 rings (SSSR count). The molecule has 2 heterocycles. The second-order valence-corrected chi connectivity index (χ2v) is 6.76. The van der Waals surface area contributed by atoms with E-state index < -0.39 is 0 Å². The van der Waals surface area contributed by atoms with Crippen LogP contribution in [0.1, 0.15) is 31.9 Å². The second-order valence-electron chi connectivity index (χ2n) is 5.94. The lowest BCUT2D eigenvalue weighted by molar-refractivity contribution is -0.121. The Balaban J connectivity index is 1.65. The van der Waals surface area contributed by atoms with E-state index in [0.29, 0.717) is 19.5 Å². The molecule has 6 heteroatoms. The van der Waals surface area contributed by atoms with Gasteiger partial charge in [-0.1, -0.05) is 18.3 Å². The molecule has 5 nitrogen and oxygen atoms in total. The zero-order chi connectivity index (χ0) is 15.2. The maximum absolute atomic E-state index is 11.8. The smallest absolute Gasteiger partial charge is 0.307 e. The Hall–Kier alpha value is -1.14. The van der Waals surface area contributed by atoms with Crippen molar-refractivity contribution in [2.24, 2.45) is 5.92 Å². The van der Waals surface area contributed by atoms with E-state index >= 15 is 0 Å². The van der Waals surface area contributed by atoms with Crippen molar-refractivity contribution in [1.29, 1.82) is 0 Å². The first-order valence-electron chi connectivity index (χ1n) is 7.70. The average molecular weight is 311 g/mol. The molecule has 1 amide bonds. The van der Waals surface area contributed by atoms with E-state index in [4.69, 9.17) is 0 Å². The molecule has 0 aliphatic carbocycles. The number of amides is 1. The number of carbonyl (C=O) groups is 1. The number of hydrogen-bond acceptors (Lipinski definition) is 4. The molecular weight excluding hydrogens is 286 g/mol. The summed E-state index contributed by atoms with van der Waals surface area (Å²) in [6.45, 7) is 8.55. The Labute approximate surface area is 130 Å².